The quantitative estimate of drug-likeness (QED) is 0.813. The van der Waals surface area contributed by atoms with Gasteiger partial charge in [0, 0.05) is 6.54 Å². The molecule has 0 aliphatic heterocycles. The molecule has 0 unspecified atom stereocenters. The summed E-state index contributed by atoms with van der Waals surface area (Å²) in [6.45, 7) is 2.38. The molecule has 7 nitrogen and oxygen atoms in total. The molecule has 0 atom stereocenters. The SMILES string of the molecule is CCCn1cnc2onc(C(=O)O)c2c1=O. The zero-order chi connectivity index (χ0) is 11.7. The van der Waals surface area contributed by atoms with E-state index in [4.69, 9.17) is 5.11 Å². The van der Waals surface area contributed by atoms with Crippen LogP contribution in [0.15, 0.2) is 15.6 Å². The van der Waals surface area contributed by atoms with Gasteiger partial charge in [0.15, 0.2) is 0 Å². The number of aromatic carboxylic acids is 1. The van der Waals surface area contributed by atoms with Crippen LogP contribution in [0.25, 0.3) is 11.1 Å². The van der Waals surface area contributed by atoms with Crippen LogP contribution in [-0.4, -0.2) is 25.8 Å². The third-order valence-corrected chi connectivity index (χ3v) is 2.13. The molecule has 0 radical (unpaired) electrons. The second-order valence-corrected chi connectivity index (χ2v) is 3.26. The average Bonchev–Trinajstić information content (AvgIpc) is 2.67. The van der Waals surface area contributed by atoms with Crippen molar-refractivity contribution in [2.45, 2.75) is 19.9 Å². The Hall–Kier alpha value is -2.18. The summed E-state index contributed by atoms with van der Waals surface area (Å²) in [6.07, 6.45) is 2.08. The Morgan fingerprint density at radius 3 is 3.00 bits per heavy atom. The van der Waals surface area contributed by atoms with Crippen LogP contribution >= 0.6 is 0 Å². The second-order valence-electron chi connectivity index (χ2n) is 3.26. The summed E-state index contributed by atoms with van der Waals surface area (Å²) in [5.74, 6) is -1.30. The summed E-state index contributed by atoms with van der Waals surface area (Å²) in [6, 6.07) is 0. The van der Waals surface area contributed by atoms with Gasteiger partial charge in [-0.05, 0) is 6.42 Å². The van der Waals surface area contributed by atoms with Crippen LogP contribution in [0.2, 0.25) is 0 Å². The summed E-state index contributed by atoms with van der Waals surface area (Å²) in [5.41, 5.74) is -0.877. The summed E-state index contributed by atoms with van der Waals surface area (Å²) in [5, 5.41) is 12.0. The minimum absolute atomic E-state index is 0.0465. The Balaban J connectivity index is 2.75. The van der Waals surface area contributed by atoms with Crippen molar-refractivity contribution in [3.63, 3.8) is 0 Å². The van der Waals surface area contributed by atoms with E-state index in [1.54, 1.807) is 0 Å². The lowest BCUT2D eigenvalue weighted by molar-refractivity contribution is 0.0687. The van der Waals surface area contributed by atoms with Gasteiger partial charge < -0.3 is 9.63 Å². The van der Waals surface area contributed by atoms with E-state index >= 15 is 0 Å². The zero-order valence-electron chi connectivity index (χ0n) is 8.51. The molecule has 1 N–H and O–H groups in total. The van der Waals surface area contributed by atoms with Crippen LogP contribution in [0, 0.1) is 0 Å². The minimum Gasteiger partial charge on any atom is -0.476 e. The average molecular weight is 223 g/mol. The van der Waals surface area contributed by atoms with Crippen LogP contribution in [0.1, 0.15) is 23.8 Å². The van der Waals surface area contributed by atoms with E-state index in [9.17, 15) is 9.59 Å². The number of hydrogen-bond acceptors (Lipinski definition) is 5. The first-order valence-electron chi connectivity index (χ1n) is 4.73. The topological polar surface area (TPSA) is 98.2 Å². The highest BCUT2D eigenvalue weighted by molar-refractivity contribution is 5.98. The van der Waals surface area contributed by atoms with E-state index in [0.29, 0.717) is 6.54 Å². The van der Waals surface area contributed by atoms with Gasteiger partial charge in [0.25, 0.3) is 11.3 Å². The summed E-state index contributed by atoms with van der Waals surface area (Å²) >= 11 is 0. The molecular weight excluding hydrogens is 214 g/mol. The molecule has 0 aliphatic carbocycles. The maximum atomic E-state index is 11.9. The van der Waals surface area contributed by atoms with Gasteiger partial charge in [0.1, 0.15) is 11.7 Å². The third kappa shape index (κ3) is 1.46. The van der Waals surface area contributed by atoms with E-state index in [1.165, 1.54) is 10.9 Å². The van der Waals surface area contributed by atoms with Gasteiger partial charge in [-0.1, -0.05) is 12.1 Å². The number of carboxylic acids is 1. The zero-order valence-corrected chi connectivity index (χ0v) is 8.51. The number of carbonyl (C=O) groups is 1. The lowest BCUT2D eigenvalue weighted by Crippen LogP contribution is -2.21. The van der Waals surface area contributed by atoms with Gasteiger partial charge in [-0.15, -0.1) is 0 Å². The standard InChI is InChI=1S/C9H9N3O4/c1-2-3-12-4-10-7-5(8(12)13)6(9(14)15)11-16-7/h4H,2-3H2,1H3,(H,14,15). The number of hydrogen-bond donors (Lipinski definition) is 1. The Morgan fingerprint density at radius 2 is 2.38 bits per heavy atom. The molecule has 84 valence electrons. The highest BCUT2D eigenvalue weighted by atomic mass is 16.5. The van der Waals surface area contributed by atoms with E-state index in [0.717, 1.165) is 6.42 Å². The smallest absolute Gasteiger partial charge is 0.359 e. The lowest BCUT2D eigenvalue weighted by Gasteiger charge is -2.00. The van der Waals surface area contributed by atoms with Gasteiger partial charge in [0.2, 0.25) is 5.69 Å². The van der Waals surface area contributed by atoms with Crippen molar-refractivity contribution in [3.8, 4) is 0 Å². The molecule has 7 heteroatoms. The van der Waals surface area contributed by atoms with Gasteiger partial charge in [-0.2, -0.15) is 0 Å². The highest BCUT2D eigenvalue weighted by Gasteiger charge is 2.20. The molecule has 0 spiro atoms. The van der Waals surface area contributed by atoms with Crippen LogP contribution in [0.4, 0.5) is 0 Å². The molecule has 2 heterocycles. The Labute approximate surface area is 89.3 Å². The van der Waals surface area contributed by atoms with E-state index < -0.39 is 17.2 Å². The predicted molar refractivity (Wildman–Crippen MR) is 53.3 cm³/mol. The molecule has 0 aliphatic rings. The normalized spacial score (nSPS) is 10.8. The highest BCUT2D eigenvalue weighted by Crippen LogP contribution is 2.11. The van der Waals surface area contributed by atoms with Gasteiger partial charge in [0.05, 0.1) is 0 Å². The molecule has 2 rings (SSSR count). The number of fused-ring (bicyclic) bond motifs is 1. The Morgan fingerprint density at radius 1 is 1.62 bits per heavy atom. The maximum Gasteiger partial charge on any atom is 0.359 e. The summed E-state index contributed by atoms with van der Waals surface area (Å²) in [4.78, 5) is 26.5. The molecule has 2 aromatic rings. The lowest BCUT2D eigenvalue weighted by atomic mass is 10.3. The monoisotopic (exact) mass is 223 g/mol. The number of carboxylic acid groups (broad SMARTS) is 1. The molecule has 0 fully saturated rings. The molecule has 0 saturated carbocycles. The van der Waals surface area contributed by atoms with Gasteiger partial charge in [-0.25, -0.2) is 9.78 Å². The first-order valence-corrected chi connectivity index (χ1v) is 4.73. The fourth-order valence-corrected chi connectivity index (χ4v) is 1.43. The summed E-state index contributed by atoms with van der Waals surface area (Å²) in [7, 11) is 0. The van der Waals surface area contributed by atoms with Crippen molar-refractivity contribution in [1.29, 1.82) is 0 Å². The fourth-order valence-electron chi connectivity index (χ4n) is 1.43. The Kier molecular flexibility index (Phi) is 2.43. The number of aryl methyl sites for hydroxylation is 1. The third-order valence-electron chi connectivity index (χ3n) is 2.13. The fraction of sp³-hybridized carbons (Fsp3) is 0.333. The van der Waals surface area contributed by atoms with Crippen LogP contribution in [-0.2, 0) is 6.54 Å². The second kappa shape index (κ2) is 3.76. The molecule has 0 saturated heterocycles. The van der Waals surface area contributed by atoms with Crippen LogP contribution in [0.5, 0.6) is 0 Å². The molecule has 16 heavy (non-hydrogen) atoms. The van der Waals surface area contributed by atoms with Crippen LogP contribution < -0.4 is 5.56 Å². The van der Waals surface area contributed by atoms with E-state index in [1.807, 2.05) is 6.92 Å². The first kappa shape index (κ1) is 10.3. The number of rotatable bonds is 3. The predicted octanol–water partition coefficient (Wildman–Crippen LogP) is 0.493. The minimum atomic E-state index is -1.30. The number of nitrogens with zero attached hydrogens (tertiary/aromatic N) is 3. The van der Waals surface area contributed by atoms with Crippen molar-refractivity contribution < 1.29 is 14.4 Å². The maximum absolute atomic E-state index is 11.9. The largest absolute Gasteiger partial charge is 0.476 e. The van der Waals surface area contributed by atoms with E-state index in [-0.39, 0.29) is 11.1 Å². The first-order chi connectivity index (χ1) is 7.65. The van der Waals surface area contributed by atoms with Crippen molar-refractivity contribution in [1.82, 2.24) is 14.7 Å². The Bertz CT molecular complexity index is 598. The van der Waals surface area contributed by atoms with E-state index in [2.05, 4.69) is 14.7 Å². The number of aromatic nitrogens is 3. The van der Waals surface area contributed by atoms with Crippen molar-refractivity contribution in [3.05, 3.63) is 22.4 Å². The molecule has 0 aromatic carbocycles. The summed E-state index contributed by atoms with van der Waals surface area (Å²) < 4.78 is 6.01. The van der Waals surface area contributed by atoms with Crippen molar-refractivity contribution in [2.75, 3.05) is 0 Å². The molecule has 0 amide bonds. The van der Waals surface area contributed by atoms with Gasteiger partial charge in [-0.3, -0.25) is 9.36 Å². The van der Waals surface area contributed by atoms with Crippen molar-refractivity contribution in [2.24, 2.45) is 0 Å². The van der Waals surface area contributed by atoms with Gasteiger partial charge >= 0.3 is 5.97 Å². The molecule has 2 aromatic heterocycles. The van der Waals surface area contributed by atoms with Crippen molar-refractivity contribution >= 4 is 17.1 Å². The molecular formula is C9H9N3O4. The van der Waals surface area contributed by atoms with Crippen LogP contribution in [0.3, 0.4) is 0 Å². The molecule has 0 bridgehead atoms.